The van der Waals surface area contributed by atoms with Gasteiger partial charge in [-0.1, -0.05) is 11.2 Å². The highest BCUT2D eigenvalue weighted by Gasteiger charge is 2.45. The van der Waals surface area contributed by atoms with E-state index in [0.29, 0.717) is 19.5 Å². The van der Waals surface area contributed by atoms with Gasteiger partial charge in [0.25, 0.3) is 5.56 Å². The Morgan fingerprint density at radius 1 is 1.08 bits per heavy atom. The second kappa shape index (κ2) is 5.99. The maximum Gasteiger partial charge on any atom is 0.324 e. The Balaban J connectivity index is 1.59. The molecule has 126 valence electrons. The summed E-state index contributed by atoms with van der Waals surface area (Å²) in [5.74, 6) is 0. The molecule has 0 aliphatic carbocycles. The maximum atomic E-state index is 12.6. The number of fused-ring (bicyclic) bond motifs is 1. The number of nitrogens with zero attached hydrogens (tertiary/aromatic N) is 6. The number of pyridine rings is 1. The number of anilines is 1. The van der Waals surface area contributed by atoms with E-state index in [1.54, 1.807) is 32.7 Å². The molecule has 2 fully saturated rings. The molecule has 0 saturated carbocycles. The van der Waals surface area contributed by atoms with Crippen molar-refractivity contribution in [3.8, 4) is 5.69 Å². The molecule has 2 aromatic rings. The van der Waals surface area contributed by atoms with Gasteiger partial charge >= 0.3 is 6.03 Å². The number of rotatable bonds is 3. The van der Waals surface area contributed by atoms with Gasteiger partial charge in [0.2, 0.25) is 0 Å². The summed E-state index contributed by atoms with van der Waals surface area (Å²) < 4.78 is 1.55. The molecule has 2 atom stereocenters. The van der Waals surface area contributed by atoms with Crippen molar-refractivity contribution < 1.29 is 4.79 Å². The molecule has 0 radical (unpaired) electrons. The number of aromatic nitrogens is 1. The Labute approximate surface area is 143 Å². The van der Waals surface area contributed by atoms with Gasteiger partial charge in [-0.25, -0.2) is 4.79 Å². The zero-order chi connectivity index (χ0) is 17.4. The average molecular weight is 336 g/mol. The zero-order valence-electron chi connectivity index (χ0n) is 13.4. The van der Waals surface area contributed by atoms with Gasteiger partial charge in [-0.2, -0.15) is 0 Å². The van der Waals surface area contributed by atoms with Gasteiger partial charge in [-0.15, -0.1) is 0 Å². The van der Waals surface area contributed by atoms with Crippen LogP contribution in [0.4, 0.5) is 10.5 Å². The van der Waals surface area contributed by atoms with E-state index in [1.165, 1.54) is 6.07 Å². The number of amides is 2. The largest absolute Gasteiger partial charge is 0.324 e. The van der Waals surface area contributed by atoms with Crippen LogP contribution in [-0.4, -0.2) is 40.7 Å². The molecule has 2 amide bonds. The van der Waals surface area contributed by atoms with E-state index < -0.39 is 0 Å². The molecule has 8 nitrogen and oxygen atoms in total. The lowest BCUT2D eigenvalue weighted by molar-refractivity contribution is 0.218. The number of hydrogen-bond acceptors (Lipinski definition) is 3. The smallest absolute Gasteiger partial charge is 0.319 e. The molecule has 0 bridgehead atoms. The van der Waals surface area contributed by atoms with Crippen LogP contribution >= 0.6 is 0 Å². The number of carbonyl (C=O) groups excluding carboxylic acids is 1. The molecule has 1 aromatic heterocycles. The van der Waals surface area contributed by atoms with Gasteiger partial charge in [0.1, 0.15) is 0 Å². The fourth-order valence-electron chi connectivity index (χ4n) is 3.57. The predicted octanol–water partition coefficient (Wildman–Crippen LogP) is 2.53. The molecule has 2 saturated heterocycles. The van der Waals surface area contributed by atoms with Crippen molar-refractivity contribution >= 4 is 11.7 Å². The van der Waals surface area contributed by atoms with Crippen LogP contribution in [0.25, 0.3) is 16.1 Å². The van der Waals surface area contributed by atoms with E-state index in [-0.39, 0.29) is 23.7 Å². The number of benzene rings is 1. The summed E-state index contributed by atoms with van der Waals surface area (Å²) in [6, 6.07) is 12.0. The van der Waals surface area contributed by atoms with Crippen molar-refractivity contribution in [2.75, 3.05) is 18.0 Å². The molecular formula is C17H16N6O2. The van der Waals surface area contributed by atoms with Crippen LogP contribution in [0.5, 0.6) is 0 Å². The Morgan fingerprint density at radius 2 is 1.84 bits per heavy atom. The SMILES string of the molecule is [N-]=[N+]=N[C@@H]1CCN2C(=O)N(c3ccc(-n4ccccc4=O)cc3)CC12. The van der Waals surface area contributed by atoms with Crippen molar-refractivity contribution in [1.82, 2.24) is 9.47 Å². The summed E-state index contributed by atoms with van der Waals surface area (Å²) in [6.45, 7) is 1.12. The van der Waals surface area contributed by atoms with Crippen molar-refractivity contribution in [3.63, 3.8) is 0 Å². The molecule has 2 aliphatic rings. The standard InChI is InChI=1S/C17H16N6O2/c18-20-19-14-8-10-22-15(14)11-23(17(22)25)13-6-4-12(5-7-13)21-9-2-1-3-16(21)24/h1-7,9,14-15H,8,10-11H2/t14-,15?/m1/s1. The molecule has 1 unspecified atom stereocenters. The lowest BCUT2D eigenvalue weighted by atomic mass is 10.1. The van der Waals surface area contributed by atoms with E-state index in [4.69, 9.17) is 5.53 Å². The van der Waals surface area contributed by atoms with Crippen molar-refractivity contribution in [1.29, 1.82) is 0 Å². The average Bonchev–Trinajstić information content (AvgIpc) is 3.17. The molecule has 3 heterocycles. The van der Waals surface area contributed by atoms with Crippen molar-refractivity contribution in [2.24, 2.45) is 5.11 Å². The van der Waals surface area contributed by atoms with Crippen molar-refractivity contribution in [3.05, 3.63) is 69.5 Å². The van der Waals surface area contributed by atoms with Crippen molar-refractivity contribution in [2.45, 2.75) is 18.5 Å². The first-order chi connectivity index (χ1) is 12.2. The summed E-state index contributed by atoms with van der Waals surface area (Å²) >= 11 is 0. The third-order valence-electron chi connectivity index (χ3n) is 4.82. The van der Waals surface area contributed by atoms with Gasteiger partial charge in [0.05, 0.1) is 12.1 Å². The number of carbonyl (C=O) groups is 1. The third kappa shape index (κ3) is 2.53. The minimum atomic E-state index is -0.166. The van der Waals surface area contributed by atoms with Crippen LogP contribution in [0.2, 0.25) is 0 Å². The van der Waals surface area contributed by atoms with Crippen LogP contribution in [-0.2, 0) is 0 Å². The van der Waals surface area contributed by atoms with Gasteiger partial charge < -0.3 is 4.90 Å². The number of urea groups is 1. The van der Waals surface area contributed by atoms with Crippen LogP contribution < -0.4 is 10.5 Å². The summed E-state index contributed by atoms with van der Waals surface area (Å²) in [6.07, 6.45) is 2.42. The molecule has 1 aromatic carbocycles. The van der Waals surface area contributed by atoms with E-state index in [0.717, 1.165) is 11.4 Å². The normalized spacial score (nSPS) is 22.0. The monoisotopic (exact) mass is 336 g/mol. The van der Waals surface area contributed by atoms with Gasteiger partial charge in [-0.3, -0.25) is 14.3 Å². The fourth-order valence-corrected chi connectivity index (χ4v) is 3.57. The minimum Gasteiger partial charge on any atom is -0.319 e. The fraction of sp³-hybridized carbons (Fsp3) is 0.294. The zero-order valence-corrected chi connectivity index (χ0v) is 13.4. The quantitative estimate of drug-likeness (QED) is 0.489. The molecular weight excluding hydrogens is 320 g/mol. The van der Waals surface area contributed by atoms with Gasteiger partial charge in [0, 0.05) is 41.6 Å². The molecule has 0 N–H and O–H groups in total. The van der Waals surface area contributed by atoms with E-state index >= 15 is 0 Å². The Morgan fingerprint density at radius 3 is 2.56 bits per heavy atom. The highest BCUT2D eigenvalue weighted by Crippen LogP contribution is 2.32. The highest BCUT2D eigenvalue weighted by atomic mass is 16.2. The van der Waals surface area contributed by atoms with Crippen LogP contribution in [0.15, 0.2) is 58.6 Å². The topological polar surface area (TPSA) is 94.3 Å². The van der Waals surface area contributed by atoms with Gasteiger partial charge in [-0.05, 0) is 42.3 Å². The summed E-state index contributed by atoms with van der Waals surface area (Å²) in [4.78, 5) is 30.9. The lowest BCUT2D eigenvalue weighted by Crippen LogP contribution is -2.32. The van der Waals surface area contributed by atoms with Gasteiger partial charge in [0.15, 0.2) is 0 Å². The number of azide groups is 1. The second-order valence-electron chi connectivity index (χ2n) is 6.14. The Bertz CT molecular complexity index is 915. The predicted molar refractivity (Wildman–Crippen MR) is 92.8 cm³/mol. The molecule has 25 heavy (non-hydrogen) atoms. The lowest BCUT2D eigenvalue weighted by Gasteiger charge is -2.18. The van der Waals surface area contributed by atoms with E-state index in [2.05, 4.69) is 10.0 Å². The Kier molecular flexibility index (Phi) is 3.66. The highest BCUT2D eigenvalue weighted by molar-refractivity contribution is 5.95. The molecule has 0 spiro atoms. The third-order valence-corrected chi connectivity index (χ3v) is 4.82. The summed E-state index contributed by atoms with van der Waals surface area (Å²) in [7, 11) is 0. The second-order valence-corrected chi connectivity index (χ2v) is 6.14. The molecule has 4 rings (SSSR count). The summed E-state index contributed by atoms with van der Waals surface area (Å²) in [5.41, 5.74) is 10.1. The van der Waals surface area contributed by atoms with Crippen LogP contribution in [0.3, 0.4) is 0 Å². The first-order valence-corrected chi connectivity index (χ1v) is 8.09. The molecule has 8 heteroatoms. The molecule has 2 aliphatic heterocycles. The van der Waals surface area contributed by atoms with Crippen LogP contribution in [0.1, 0.15) is 6.42 Å². The van der Waals surface area contributed by atoms with Crippen LogP contribution in [0, 0.1) is 0 Å². The Hall–Kier alpha value is -3.25. The maximum absolute atomic E-state index is 12.6. The minimum absolute atomic E-state index is 0.0646. The van der Waals surface area contributed by atoms with E-state index in [9.17, 15) is 9.59 Å². The number of hydrogen-bond donors (Lipinski definition) is 0. The summed E-state index contributed by atoms with van der Waals surface area (Å²) in [5, 5.41) is 3.81. The van der Waals surface area contributed by atoms with E-state index in [1.807, 2.05) is 24.3 Å². The first kappa shape index (κ1) is 15.3. The first-order valence-electron chi connectivity index (χ1n) is 8.09.